The van der Waals surface area contributed by atoms with Gasteiger partial charge in [-0.15, -0.1) is 0 Å². The molecule has 1 unspecified atom stereocenters. The van der Waals surface area contributed by atoms with Crippen molar-refractivity contribution in [1.82, 2.24) is 15.5 Å². The van der Waals surface area contributed by atoms with Crippen LogP contribution in [0.2, 0.25) is 0 Å². The molecule has 178 valence electrons. The van der Waals surface area contributed by atoms with Gasteiger partial charge in [0.15, 0.2) is 0 Å². The molecule has 0 bridgehead atoms. The molecule has 1 saturated heterocycles. The molecular weight excluding hydrogens is 459 g/mol. The molecule has 3 N–H and O–H groups in total. The molecule has 0 spiro atoms. The molecule has 2 aromatic carbocycles. The first-order valence-electron chi connectivity index (χ1n) is 10.7. The molecule has 10 heteroatoms. The zero-order valence-corrected chi connectivity index (χ0v) is 19.5. The Morgan fingerprint density at radius 3 is 2.38 bits per heavy atom. The molecule has 0 radical (unpaired) electrons. The number of hydrogen-bond donors (Lipinski definition) is 3. The average molecular weight is 485 g/mol. The summed E-state index contributed by atoms with van der Waals surface area (Å²) in [6.45, 7) is 3.61. The fourth-order valence-electron chi connectivity index (χ4n) is 3.17. The van der Waals surface area contributed by atoms with Crippen molar-refractivity contribution in [3.8, 4) is 0 Å². The van der Waals surface area contributed by atoms with Crippen LogP contribution in [0.25, 0.3) is 6.08 Å². The van der Waals surface area contributed by atoms with Gasteiger partial charge in [-0.05, 0) is 53.6 Å². The van der Waals surface area contributed by atoms with Gasteiger partial charge in [-0.2, -0.15) is 0 Å². The number of nitrogens with zero attached hydrogens (tertiary/aromatic N) is 1. The number of carbonyl (C=O) groups is 4. The van der Waals surface area contributed by atoms with Crippen LogP contribution in [-0.4, -0.2) is 47.1 Å². The van der Waals surface area contributed by atoms with Crippen molar-refractivity contribution in [2.45, 2.75) is 19.9 Å². The Balaban J connectivity index is 1.52. The lowest BCUT2D eigenvalue weighted by molar-refractivity contribution is -0.125. The SMILES string of the molecule is CC(C)C(NC(=O)Nc1ccccc1)C(=O)NCCN1C(=O)S/C(=C/c2ccc(F)cc2)C1=O. The van der Waals surface area contributed by atoms with Crippen molar-refractivity contribution in [2.24, 2.45) is 5.92 Å². The highest BCUT2D eigenvalue weighted by Gasteiger charge is 2.35. The second-order valence-corrected chi connectivity index (χ2v) is 8.86. The number of para-hydroxylation sites is 1. The smallest absolute Gasteiger partial charge is 0.319 e. The summed E-state index contributed by atoms with van der Waals surface area (Å²) >= 11 is 0.787. The van der Waals surface area contributed by atoms with Crippen LogP contribution in [-0.2, 0) is 9.59 Å². The van der Waals surface area contributed by atoms with Crippen molar-refractivity contribution in [1.29, 1.82) is 0 Å². The predicted molar refractivity (Wildman–Crippen MR) is 129 cm³/mol. The zero-order chi connectivity index (χ0) is 24.7. The molecule has 1 atom stereocenters. The van der Waals surface area contributed by atoms with Crippen molar-refractivity contribution >= 4 is 46.6 Å². The minimum Gasteiger partial charge on any atom is -0.353 e. The molecule has 1 fully saturated rings. The fourth-order valence-corrected chi connectivity index (χ4v) is 4.03. The number of rotatable bonds is 8. The molecule has 3 rings (SSSR count). The monoisotopic (exact) mass is 484 g/mol. The van der Waals surface area contributed by atoms with Crippen LogP contribution in [0.15, 0.2) is 59.5 Å². The summed E-state index contributed by atoms with van der Waals surface area (Å²) in [7, 11) is 0. The number of urea groups is 1. The van der Waals surface area contributed by atoms with Crippen molar-refractivity contribution in [3.05, 3.63) is 70.9 Å². The lowest BCUT2D eigenvalue weighted by atomic mass is 10.0. The summed E-state index contributed by atoms with van der Waals surface area (Å²) in [6.07, 6.45) is 1.52. The minimum atomic E-state index is -0.808. The van der Waals surface area contributed by atoms with E-state index in [4.69, 9.17) is 0 Å². The highest BCUT2D eigenvalue weighted by atomic mass is 32.2. The first kappa shape index (κ1) is 25.0. The van der Waals surface area contributed by atoms with E-state index in [0.29, 0.717) is 11.3 Å². The first-order chi connectivity index (χ1) is 16.2. The van der Waals surface area contributed by atoms with E-state index in [1.54, 1.807) is 38.1 Å². The van der Waals surface area contributed by atoms with E-state index in [1.165, 1.54) is 30.3 Å². The average Bonchev–Trinajstić information content (AvgIpc) is 3.06. The third-order valence-corrected chi connectivity index (χ3v) is 5.85. The summed E-state index contributed by atoms with van der Waals surface area (Å²) < 4.78 is 13.1. The topological polar surface area (TPSA) is 108 Å². The number of benzene rings is 2. The normalized spacial score (nSPS) is 15.5. The molecule has 2 aromatic rings. The minimum absolute atomic E-state index is 0.0157. The molecule has 5 amide bonds. The van der Waals surface area contributed by atoms with Crippen molar-refractivity contribution < 1.29 is 23.6 Å². The van der Waals surface area contributed by atoms with Crippen LogP contribution < -0.4 is 16.0 Å². The lowest BCUT2D eigenvalue weighted by Gasteiger charge is -2.22. The van der Waals surface area contributed by atoms with Gasteiger partial charge in [-0.1, -0.05) is 44.2 Å². The first-order valence-corrected chi connectivity index (χ1v) is 11.5. The van der Waals surface area contributed by atoms with Gasteiger partial charge in [0.1, 0.15) is 11.9 Å². The maximum atomic E-state index is 13.1. The molecule has 1 heterocycles. The standard InChI is InChI=1S/C24H25FN4O4S/c1-15(2)20(28-23(32)27-18-6-4-3-5-7-18)21(30)26-12-13-29-22(31)19(34-24(29)33)14-16-8-10-17(25)11-9-16/h3-11,14-15,20H,12-13H2,1-2H3,(H,26,30)(H2,27,28,32)/b19-14+. The Kier molecular flexibility index (Phi) is 8.42. The number of nitrogens with one attached hydrogen (secondary N) is 3. The molecule has 1 aliphatic rings. The van der Waals surface area contributed by atoms with Gasteiger partial charge in [0, 0.05) is 18.8 Å². The molecule has 0 aliphatic carbocycles. The number of hydrogen-bond acceptors (Lipinski definition) is 5. The maximum Gasteiger partial charge on any atom is 0.319 e. The van der Waals surface area contributed by atoms with E-state index in [0.717, 1.165) is 16.7 Å². The third kappa shape index (κ3) is 6.67. The highest BCUT2D eigenvalue weighted by molar-refractivity contribution is 8.18. The molecule has 8 nitrogen and oxygen atoms in total. The van der Waals surface area contributed by atoms with E-state index in [2.05, 4.69) is 16.0 Å². The summed E-state index contributed by atoms with van der Waals surface area (Å²) in [5, 5.41) is 7.54. The Bertz CT molecular complexity index is 1090. The van der Waals surface area contributed by atoms with Crippen molar-refractivity contribution in [2.75, 3.05) is 18.4 Å². The molecule has 0 aromatic heterocycles. The second kappa shape index (κ2) is 11.5. The van der Waals surface area contributed by atoms with Crippen LogP contribution in [0.5, 0.6) is 0 Å². The Labute approximate surface area is 201 Å². The van der Waals surface area contributed by atoms with Crippen LogP contribution in [0.4, 0.5) is 19.7 Å². The van der Waals surface area contributed by atoms with Gasteiger partial charge in [0.05, 0.1) is 4.91 Å². The highest BCUT2D eigenvalue weighted by Crippen LogP contribution is 2.31. The molecule has 34 heavy (non-hydrogen) atoms. The lowest BCUT2D eigenvalue weighted by Crippen LogP contribution is -2.52. The Hall–Kier alpha value is -3.66. The number of halogens is 1. The second-order valence-electron chi connectivity index (χ2n) is 7.86. The van der Waals surface area contributed by atoms with Crippen LogP contribution >= 0.6 is 11.8 Å². The van der Waals surface area contributed by atoms with Gasteiger partial charge in [-0.3, -0.25) is 19.3 Å². The van der Waals surface area contributed by atoms with E-state index in [-0.39, 0.29) is 23.9 Å². The largest absolute Gasteiger partial charge is 0.353 e. The van der Waals surface area contributed by atoms with Gasteiger partial charge in [0.25, 0.3) is 11.1 Å². The van der Waals surface area contributed by atoms with Gasteiger partial charge >= 0.3 is 6.03 Å². The van der Waals surface area contributed by atoms with Gasteiger partial charge in [-0.25, -0.2) is 9.18 Å². The maximum absolute atomic E-state index is 13.1. The van der Waals surface area contributed by atoms with E-state index in [9.17, 15) is 23.6 Å². The van der Waals surface area contributed by atoms with E-state index < -0.39 is 34.9 Å². The molecular formula is C24H25FN4O4S. The number of imide groups is 1. The molecule has 0 saturated carbocycles. The molecule has 1 aliphatic heterocycles. The predicted octanol–water partition coefficient (Wildman–Crippen LogP) is 3.82. The Morgan fingerprint density at radius 1 is 1.06 bits per heavy atom. The summed E-state index contributed by atoms with van der Waals surface area (Å²) in [4.78, 5) is 51.0. The van der Waals surface area contributed by atoms with Gasteiger partial charge < -0.3 is 16.0 Å². The van der Waals surface area contributed by atoms with Crippen LogP contribution in [0.1, 0.15) is 19.4 Å². The van der Waals surface area contributed by atoms with E-state index in [1.807, 2.05) is 6.07 Å². The van der Waals surface area contributed by atoms with E-state index >= 15 is 0 Å². The number of amides is 5. The van der Waals surface area contributed by atoms with Crippen LogP contribution in [0, 0.1) is 11.7 Å². The fraction of sp³-hybridized carbons (Fsp3) is 0.250. The summed E-state index contributed by atoms with van der Waals surface area (Å²) in [6, 6.07) is 13.1. The third-order valence-electron chi connectivity index (χ3n) is 4.94. The van der Waals surface area contributed by atoms with Crippen molar-refractivity contribution in [3.63, 3.8) is 0 Å². The summed E-state index contributed by atoms with van der Waals surface area (Å²) in [5.41, 5.74) is 1.19. The number of thioether (sulfide) groups is 1. The quantitative estimate of drug-likeness (QED) is 0.494. The summed E-state index contributed by atoms with van der Waals surface area (Å²) in [5.74, 6) is -1.49. The van der Waals surface area contributed by atoms with Gasteiger partial charge in [0.2, 0.25) is 5.91 Å². The van der Waals surface area contributed by atoms with Crippen LogP contribution in [0.3, 0.4) is 0 Å². The Morgan fingerprint density at radius 2 is 1.74 bits per heavy atom. The number of carbonyl (C=O) groups excluding carboxylic acids is 4. The zero-order valence-electron chi connectivity index (χ0n) is 18.7. The number of anilines is 1.